The van der Waals surface area contributed by atoms with Gasteiger partial charge in [0.05, 0.1) is 115 Å². The van der Waals surface area contributed by atoms with Crippen molar-refractivity contribution in [3.8, 4) is 0 Å². The molecule has 402 valence electrons. The smallest absolute Gasteiger partial charge is 0.163 e. The maximum absolute atomic E-state index is 5.72. The van der Waals surface area contributed by atoms with Crippen LogP contribution in [0.2, 0.25) is 0 Å². The second-order valence-corrected chi connectivity index (χ2v) is 19.5. The predicted octanol–water partition coefficient (Wildman–Crippen LogP) is 15.1. The summed E-state index contributed by atoms with van der Waals surface area (Å²) in [4.78, 5) is 0. The summed E-state index contributed by atoms with van der Waals surface area (Å²) in [6.45, 7) is 36.6. The van der Waals surface area contributed by atoms with Gasteiger partial charge in [0, 0.05) is 0 Å². The Morgan fingerprint density at radius 1 is 0.493 bits per heavy atom. The summed E-state index contributed by atoms with van der Waals surface area (Å²) in [5, 5.41) is 0. The molecule has 0 amide bonds. The Hall–Kier alpha value is -3.38. The molecule has 8 rings (SSSR count). The molecule has 0 radical (unpaired) electrons. The van der Waals surface area contributed by atoms with Crippen molar-refractivity contribution in [2.75, 3.05) is 54.9 Å². The van der Waals surface area contributed by atoms with Crippen molar-refractivity contribution in [2.45, 2.75) is 206 Å². The van der Waals surface area contributed by atoms with Crippen molar-refractivity contribution in [3.05, 3.63) is 88.4 Å². The summed E-state index contributed by atoms with van der Waals surface area (Å²) in [5.41, 5.74) is 0. The van der Waals surface area contributed by atoms with Crippen LogP contribution in [0.15, 0.2) is 88.4 Å². The van der Waals surface area contributed by atoms with Crippen LogP contribution in [0.5, 0.6) is 0 Å². The Bertz CT molecular complexity index is 1250. The zero-order chi connectivity index (χ0) is 51.7. The lowest BCUT2D eigenvalue weighted by molar-refractivity contribution is -0.143. The molecule has 0 N–H and O–H groups in total. The summed E-state index contributed by atoms with van der Waals surface area (Å²) in [6, 6.07) is 0. The van der Waals surface area contributed by atoms with Crippen LogP contribution in [0.1, 0.15) is 169 Å². The van der Waals surface area contributed by atoms with Gasteiger partial charge in [-0.15, -0.1) is 0 Å². The van der Waals surface area contributed by atoms with Gasteiger partial charge in [0.2, 0.25) is 0 Å². The van der Waals surface area contributed by atoms with E-state index >= 15 is 0 Å². The van der Waals surface area contributed by atoms with E-state index in [0.29, 0.717) is 43.4 Å². The Labute approximate surface area is 423 Å². The zero-order valence-electron chi connectivity index (χ0n) is 45.6. The third-order valence-corrected chi connectivity index (χ3v) is 13.0. The molecular weight excluding hydrogens is 873 g/mol. The highest BCUT2D eigenvalue weighted by Gasteiger charge is 2.39. The normalized spacial score (nSPS) is 26.9. The van der Waals surface area contributed by atoms with Crippen molar-refractivity contribution < 1.29 is 52.1 Å². The summed E-state index contributed by atoms with van der Waals surface area (Å²) >= 11 is 0. The first-order valence-electron chi connectivity index (χ1n) is 26.1. The Morgan fingerprint density at radius 3 is 1.25 bits per heavy atom. The van der Waals surface area contributed by atoms with Crippen LogP contribution >= 0.6 is 0 Å². The van der Waals surface area contributed by atoms with E-state index in [9.17, 15) is 0 Å². The average Bonchev–Trinajstić information content (AvgIpc) is 4.15. The van der Waals surface area contributed by atoms with E-state index in [1.807, 2.05) is 34.6 Å². The molecule has 3 saturated carbocycles. The molecule has 5 saturated heterocycles. The van der Waals surface area contributed by atoms with E-state index in [1.165, 1.54) is 160 Å². The molecule has 8 aliphatic rings. The van der Waals surface area contributed by atoms with Gasteiger partial charge in [-0.3, -0.25) is 0 Å². The van der Waals surface area contributed by atoms with Crippen molar-refractivity contribution in [2.24, 2.45) is 23.7 Å². The highest BCUT2D eigenvalue weighted by molar-refractivity contribution is 4.91. The minimum absolute atomic E-state index is 0.0386. The van der Waals surface area contributed by atoms with Crippen LogP contribution in [-0.2, 0) is 52.1 Å². The summed E-state index contributed by atoms with van der Waals surface area (Å²) < 4.78 is 55.6. The van der Waals surface area contributed by atoms with E-state index in [4.69, 9.17) is 33.2 Å². The molecule has 11 heteroatoms. The molecule has 0 aromatic carbocycles. The van der Waals surface area contributed by atoms with E-state index in [0.717, 1.165) is 48.4 Å². The number of methoxy groups -OCH3 is 4. The highest BCUT2D eigenvalue weighted by atomic mass is 16.7. The van der Waals surface area contributed by atoms with Gasteiger partial charge in [-0.1, -0.05) is 84.6 Å². The average molecular weight is 977 g/mol. The molecule has 6 unspecified atom stereocenters. The van der Waals surface area contributed by atoms with Crippen LogP contribution in [0.3, 0.4) is 0 Å². The Balaban J connectivity index is 0.000000779. The SMILES string of the molecule is C1CC2CCCC(C1)O2.C1CCC2CCC(C1)O2.C=C(C)OCC1CC2CCC1C2.C=C(C)OCC1CCCCC1.C=C(C)OCC1COC(C)(C)O1.C=COC.C=COC.C=COC.C=COC. The lowest BCUT2D eigenvalue weighted by Crippen LogP contribution is -2.31. The fourth-order valence-corrected chi connectivity index (χ4v) is 9.45. The lowest BCUT2D eigenvalue weighted by atomic mass is 9.90. The standard InChI is InChI=1S/C11H18O.C10H18O.C9H16O3.2C8H14O.4C3H6O/c1-8(2)12-7-11-6-9-3-4-10(11)5-9;1-9(2)11-8-10-6-4-3-5-7-10;1-7(2)10-5-8-6-11-9(3,4)12-8;1-3-7-5-2-6-8(4-1)9-7;1-2-4-8-6-5-7(3-1)9-8;4*1-3-4-2/h9-11H,1,3-7H2,2H3;10H,1,3-8H2,2H3;8H,1,5-6H2,2-4H3;2*7-8H,1-6H2;4*3H,1H2,2H3. The molecule has 11 nitrogen and oxygen atoms in total. The van der Waals surface area contributed by atoms with Gasteiger partial charge in [-0.05, 0) is 155 Å². The van der Waals surface area contributed by atoms with Crippen LogP contribution in [0.25, 0.3) is 0 Å². The van der Waals surface area contributed by atoms with Gasteiger partial charge >= 0.3 is 0 Å². The first kappa shape index (κ1) is 65.6. The van der Waals surface area contributed by atoms with Crippen molar-refractivity contribution >= 4 is 0 Å². The largest absolute Gasteiger partial charge is 0.505 e. The minimum Gasteiger partial charge on any atom is -0.505 e. The number of hydrogen-bond donors (Lipinski definition) is 0. The second-order valence-electron chi connectivity index (χ2n) is 19.5. The van der Waals surface area contributed by atoms with E-state index in [2.05, 4.69) is 65.0 Å². The predicted molar refractivity (Wildman–Crippen MR) is 284 cm³/mol. The quantitative estimate of drug-likeness (QED) is 0.165. The third kappa shape index (κ3) is 36.2. The molecule has 0 aromatic rings. The zero-order valence-corrected chi connectivity index (χ0v) is 45.6. The molecular formula is C58H104O11. The topological polar surface area (TPSA) is 102 Å². The third-order valence-electron chi connectivity index (χ3n) is 13.0. The van der Waals surface area contributed by atoms with Gasteiger partial charge in [0.1, 0.15) is 12.7 Å². The number of ether oxygens (including phenoxy) is 11. The summed E-state index contributed by atoms with van der Waals surface area (Å²) in [6.07, 6.45) is 37.2. The van der Waals surface area contributed by atoms with Crippen LogP contribution in [-0.4, -0.2) is 91.2 Å². The number of allylic oxidation sites excluding steroid dienone is 3. The monoisotopic (exact) mass is 977 g/mol. The van der Waals surface area contributed by atoms with Gasteiger partial charge in [-0.25, -0.2) is 0 Å². The molecule has 69 heavy (non-hydrogen) atoms. The minimum atomic E-state index is -0.455. The fourth-order valence-electron chi connectivity index (χ4n) is 9.45. The van der Waals surface area contributed by atoms with E-state index in [-0.39, 0.29) is 6.10 Å². The van der Waals surface area contributed by atoms with Crippen LogP contribution < -0.4 is 0 Å². The summed E-state index contributed by atoms with van der Waals surface area (Å²) in [5.74, 6) is 5.66. The number of hydrogen-bond acceptors (Lipinski definition) is 11. The van der Waals surface area contributed by atoms with Crippen molar-refractivity contribution in [1.82, 2.24) is 0 Å². The Kier molecular flexibility index (Phi) is 40.2. The van der Waals surface area contributed by atoms with Gasteiger partial charge in [0.15, 0.2) is 5.79 Å². The molecule has 3 aliphatic carbocycles. The van der Waals surface area contributed by atoms with Gasteiger partial charge in [0.25, 0.3) is 0 Å². The lowest BCUT2D eigenvalue weighted by Gasteiger charge is -2.34. The van der Waals surface area contributed by atoms with Crippen molar-refractivity contribution in [1.29, 1.82) is 0 Å². The maximum atomic E-state index is 5.72. The van der Waals surface area contributed by atoms with Gasteiger partial charge < -0.3 is 52.1 Å². The molecule has 8 fully saturated rings. The van der Waals surface area contributed by atoms with E-state index < -0.39 is 5.79 Å². The van der Waals surface area contributed by atoms with Gasteiger partial charge in [-0.2, -0.15) is 0 Å². The first-order chi connectivity index (χ1) is 33.1. The molecule has 6 bridgehead atoms. The molecule has 5 heterocycles. The molecule has 6 atom stereocenters. The summed E-state index contributed by atoms with van der Waals surface area (Å²) in [7, 11) is 6.25. The first-order valence-corrected chi connectivity index (χ1v) is 26.1. The van der Waals surface area contributed by atoms with Crippen LogP contribution in [0, 0.1) is 23.7 Å². The maximum Gasteiger partial charge on any atom is 0.163 e. The molecule has 5 aliphatic heterocycles. The highest BCUT2D eigenvalue weighted by Crippen LogP contribution is 2.48. The molecule has 0 aromatic heterocycles. The number of rotatable bonds is 13. The van der Waals surface area contributed by atoms with Crippen LogP contribution in [0.4, 0.5) is 0 Å². The second kappa shape index (κ2) is 42.3. The molecule has 0 spiro atoms. The Morgan fingerprint density at radius 2 is 0.884 bits per heavy atom. The fraction of sp³-hybridized carbons (Fsp3) is 0.759. The van der Waals surface area contributed by atoms with Crippen molar-refractivity contribution in [3.63, 3.8) is 0 Å². The number of fused-ring (bicyclic) bond motifs is 6. The van der Waals surface area contributed by atoms with E-state index in [1.54, 1.807) is 28.4 Å².